The number of allylic oxidation sites excluding steroid dienone is 2. The SMILES string of the molecule is O=C1C(=CC=Cc2ccccc2)SC(=S)N1c1cccc(C(F)(F)F)c1. The van der Waals surface area contributed by atoms with Gasteiger partial charge in [-0.3, -0.25) is 9.69 Å². The van der Waals surface area contributed by atoms with E-state index in [1.807, 2.05) is 36.4 Å². The van der Waals surface area contributed by atoms with Crippen LogP contribution in [0.15, 0.2) is 71.7 Å². The highest BCUT2D eigenvalue weighted by Crippen LogP contribution is 2.37. The second kappa shape index (κ2) is 7.47. The van der Waals surface area contributed by atoms with Gasteiger partial charge in [-0.15, -0.1) is 0 Å². The second-order valence-corrected chi connectivity index (χ2v) is 7.03. The fourth-order valence-corrected chi connectivity index (χ4v) is 3.59. The minimum absolute atomic E-state index is 0.109. The van der Waals surface area contributed by atoms with Crippen LogP contribution in [0.5, 0.6) is 0 Å². The summed E-state index contributed by atoms with van der Waals surface area (Å²) in [6.45, 7) is 0. The fraction of sp³-hybridized carbons (Fsp3) is 0.0526. The maximum Gasteiger partial charge on any atom is 0.416 e. The molecule has 7 heteroatoms. The van der Waals surface area contributed by atoms with Crippen LogP contribution in [0.25, 0.3) is 6.08 Å². The zero-order valence-corrected chi connectivity index (χ0v) is 14.9. The third-order valence-electron chi connectivity index (χ3n) is 3.56. The van der Waals surface area contributed by atoms with E-state index in [2.05, 4.69) is 0 Å². The van der Waals surface area contributed by atoms with E-state index in [1.165, 1.54) is 12.1 Å². The van der Waals surface area contributed by atoms with Gasteiger partial charge < -0.3 is 0 Å². The third-order valence-corrected chi connectivity index (χ3v) is 4.88. The molecule has 26 heavy (non-hydrogen) atoms. The van der Waals surface area contributed by atoms with Gasteiger partial charge in [-0.2, -0.15) is 13.2 Å². The maximum absolute atomic E-state index is 12.9. The Hall–Kier alpha value is -2.38. The molecule has 1 fully saturated rings. The molecule has 0 radical (unpaired) electrons. The molecule has 0 unspecified atom stereocenters. The van der Waals surface area contributed by atoms with Crippen LogP contribution in [-0.2, 0) is 11.0 Å². The van der Waals surface area contributed by atoms with Crippen LogP contribution in [0, 0.1) is 0 Å². The van der Waals surface area contributed by atoms with Crippen molar-refractivity contribution < 1.29 is 18.0 Å². The molecule has 1 aliphatic heterocycles. The number of halogens is 3. The molecule has 132 valence electrons. The number of thiocarbonyl (C=S) groups is 1. The summed E-state index contributed by atoms with van der Waals surface area (Å²) in [6, 6.07) is 14.1. The molecule has 0 bridgehead atoms. The predicted molar refractivity (Wildman–Crippen MR) is 103 cm³/mol. The van der Waals surface area contributed by atoms with Gasteiger partial charge in [0.05, 0.1) is 16.2 Å². The lowest BCUT2D eigenvalue weighted by Gasteiger charge is -2.16. The smallest absolute Gasteiger partial charge is 0.268 e. The number of alkyl halides is 3. The molecule has 0 saturated carbocycles. The number of rotatable bonds is 3. The molecular formula is C19H12F3NOS2. The van der Waals surface area contributed by atoms with Gasteiger partial charge in [-0.1, -0.05) is 72.5 Å². The van der Waals surface area contributed by atoms with Crippen LogP contribution < -0.4 is 4.90 Å². The first kappa shape index (κ1) is 18.4. The lowest BCUT2D eigenvalue weighted by Crippen LogP contribution is -2.27. The van der Waals surface area contributed by atoms with Gasteiger partial charge in [0.2, 0.25) is 0 Å². The van der Waals surface area contributed by atoms with E-state index in [-0.39, 0.29) is 10.0 Å². The Kier molecular flexibility index (Phi) is 5.29. The van der Waals surface area contributed by atoms with Gasteiger partial charge in [0.25, 0.3) is 5.91 Å². The van der Waals surface area contributed by atoms with E-state index in [1.54, 1.807) is 12.2 Å². The molecular weight excluding hydrogens is 379 g/mol. The average Bonchev–Trinajstić information content (AvgIpc) is 2.89. The number of anilines is 1. The Labute approximate surface area is 158 Å². The Morgan fingerprint density at radius 3 is 2.46 bits per heavy atom. The molecule has 2 aromatic rings. The van der Waals surface area contributed by atoms with Crippen molar-refractivity contribution in [2.75, 3.05) is 4.90 Å². The third kappa shape index (κ3) is 4.05. The first-order valence-corrected chi connectivity index (χ1v) is 8.76. The van der Waals surface area contributed by atoms with Crippen LogP contribution in [-0.4, -0.2) is 10.2 Å². The number of carbonyl (C=O) groups is 1. The second-order valence-electron chi connectivity index (χ2n) is 5.36. The summed E-state index contributed by atoms with van der Waals surface area (Å²) in [6.07, 6.45) is 0.676. The highest BCUT2D eigenvalue weighted by atomic mass is 32.2. The summed E-state index contributed by atoms with van der Waals surface area (Å²) in [4.78, 5) is 14.0. The number of carbonyl (C=O) groups excluding carboxylic acids is 1. The Morgan fingerprint density at radius 1 is 1.04 bits per heavy atom. The van der Waals surface area contributed by atoms with E-state index in [9.17, 15) is 18.0 Å². The molecule has 3 rings (SSSR count). The van der Waals surface area contributed by atoms with Gasteiger partial charge in [-0.05, 0) is 29.8 Å². The highest BCUT2D eigenvalue weighted by molar-refractivity contribution is 8.27. The van der Waals surface area contributed by atoms with Crippen LogP contribution in [0.1, 0.15) is 11.1 Å². The van der Waals surface area contributed by atoms with Crippen molar-refractivity contribution in [2.45, 2.75) is 6.18 Å². The molecule has 0 aliphatic carbocycles. The zero-order chi connectivity index (χ0) is 18.7. The van der Waals surface area contributed by atoms with Crippen LogP contribution in [0.4, 0.5) is 18.9 Å². The van der Waals surface area contributed by atoms with Crippen molar-refractivity contribution in [2.24, 2.45) is 0 Å². The molecule has 1 heterocycles. The van der Waals surface area contributed by atoms with E-state index >= 15 is 0 Å². The Morgan fingerprint density at radius 2 is 1.77 bits per heavy atom. The first-order chi connectivity index (χ1) is 12.4. The van der Waals surface area contributed by atoms with Crippen molar-refractivity contribution in [1.29, 1.82) is 0 Å². The molecule has 2 nitrogen and oxygen atoms in total. The number of nitrogens with zero attached hydrogens (tertiary/aromatic N) is 1. The lowest BCUT2D eigenvalue weighted by atomic mass is 10.2. The predicted octanol–water partition coefficient (Wildman–Crippen LogP) is 5.67. The highest BCUT2D eigenvalue weighted by Gasteiger charge is 2.35. The standard InChI is InChI=1S/C19H12F3NOS2/c20-19(21,22)14-9-5-10-15(12-14)23-17(24)16(26-18(23)25)11-4-8-13-6-2-1-3-7-13/h1-12H. The maximum atomic E-state index is 12.9. The van der Waals surface area contributed by atoms with E-state index < -0.39 is 17.6 Å². The zero-order valence-electron chi connectivity index (χ0n) is 13.2. The summed E-state index contributed by atoms with van der Waals surface area (Å²) >= 11 is 6.24. The number of benzene rings is 2. The molecule has 0 aromatic heterocycles. The van der Waals surface area contributed by atoms with Gasteiger partial charge >= 0.3 is 6.18 Å². The van der Waals surface area contributed by atoms with Crippen LogP contribution >= 0.6 is 24.0 Å². The first-order valence-electron chi connectivity index (χ1n) is 7.53. The summed E-state index contributed by atoms with van der Waals surface area (Å²) in [7, 11) is 0. The number of thioether (sulfide) groups is 1. The van der Waals surface area contributed by atoms with Gasteiger partial charge in [0.1, 0.15) is 0 Å². The van der Waals surface area contributed by atoms with Crippen LogP contribution in [0.2, 0.25) is 0 Å². The van der Waals surface area contributed by atoms with E-state index in [0.717, 1.165) is 34.4 Å². The normalized spacial score (nSPS) is 16.9. The van der Waals surface area contributed by atoms with Gasteiger partial charge in [0, 0.05) is 0 Å². The molecule has 1 aliphatic rings. The largest absolute Gasteiger partial charge is 0.416 e. The van der Waals surface area contributed by atoms with E-state index in [4.69, 9.17) is 12.2 Å². The summed E-state index contributed by atoms with van der Waals surface area (Å²) < 4.78 is 38.9. The number of hydrogen-bond donors (Lipinski definition) is 0. The minimum atomic E-state index is -4.48. The molecule has 0 spiro atoms. The topological polar surface area (TPSA) is 20.3 Å². The van der Waals surface area contributed by atoms with Crippen molar-refractivity contribution in [3.8, 4) is 0 Å². The van der Waals surface area contributed by atoms with Gasteiger partial charge in [0.15, 0.2) is 4.32 Å². The molecule has 0 atom stereocenters. The van der Waals surface area contributed by atoms with Crippen molar-refractivity contribution in [1.82, 2.24) is 0 Å². The molecule has 0 N–H and O–H groups in total. The lowest BCUT2D eigenvalue weighted by molar-refractivity contribution is -0.137. The molecule has 1 saturated heterocycles. The summed E-state index contributed by atoms with van der Waals surface area (Å²) in [5.74, 6) is -0.433. The Balaban J connectivity index is 1.83. The minimum Gasteiger partial charge on any atom is -0.268 e. The van der Waals surface area contributed by atoms with Crippen molar-refractivity contribution in [3.05, 3.63) is 82.8 Å². The quantitative estimate of drug-likeness (QED) is 0.497. The Bertz CT molecular complexity index is 905. The molecule has 2 aromatic carbocycles. The summed E-state index contributed by atoms with van der Waals surface area (Å²) in [5, 5.41) is 0. The monoisotopic (exact) mass is 391 g/mol. The van der Waals surface area contributed by atoms with Crippen LogP contribution in [0.3, 0.4) is 0 Å². The van der Waals surface area contributed by atoms with E-state index in [0.29, 0.717) is 4.91 Å². The molecule has 1 amide bonds. The van der Waals surface area contributed by atoms with Crippen molar-refractivity contribution in [3.63, 3.8) is 0 Å². The average molecular weight is 391 g/mol. The fourth-order valence-electron chi connectivity index (χ4n) is 2.34. The van der Waals surface area contributed by atoms with Crippen molar-refractivity contribution >= 4 is 46.0 Å². The van der Waals surface area contributed by atoms with Gasteiger partial charge in [-0.25, -0.2) is 0 Å². The number of hydrogen-bond acceptors (Lipinski definition) is 3. The summed E-state index contributed by atoms with van der Waals surface area (Å²) in [5.41, 5.74) is 0.256. The number of amides is 1.